The smallest absolute Gasteiger partial charge is 0.346 e. The summed E-state index contributed by atoms with van der Waals surface area (Å²) in [4.78, 5) is 29.4. The van der Waals surface area contributed by atoms with Gasteiger partial charge in [-0.25, -0.2) is 9.48 Å². The van der Waals surface area contributed by atoms with Gasteiger partial charge in [0.2, 0.25) is 5.75 Å². The Bertz CT molecular complexity index is 1370. The molecule has 1 amide bonds. The Morgan fingerprint density at radius 3 is 2.43 bits per heavy atom. The van der Waals surface area contributed by atoms with Crippen LogP contribution in [-0.2, 0) is 13.6 Å². The Morgan fingerprint density at radius 1 is 1.06 bits per heavy atom. The van der Waals surface area contributed by atoms with Crippen LogP contribution >= 0.6 is 0 Å². The number of carbonyl (C=O) groups is 1. The van der Waals surface area contributed by atoms with Gasteiger partial charge in [0, 0.05) is 25.4 Å². The van der Waals surface area contributed by atoms with Gasteiger partial charge in [-0.2, -0.15) is 5.10 Å². The number of benzene rings is 1. The van der Waals surface area contributed by atoms with Crippen molar-refractivity contribution in [3.05, 3.63) is 58.8 Å². The van der Waals surface area contributed by atoms with Crippen molar-refractivity contribution in [3.8, 4) is 40.0 Å². The lowest BCUT2D eigenvalue weighted by molar-refractivity contribution is 0.0946. The molecule has 1 aromatic carbocycles. The van der Waals surface area contributed by atoms with Crippen LogP contribution in [0.4, 0.5) is 0 Å². The summed E-state index contributed by atoms with van der Waals surface area (Å²) in [6, 6.07) is 10.5. The maximum atomic E-state index is 12.6. The van der Waals surface area contributed by atoms with Crippen LogP contribution in [0.25, 0.3) is 22.8 Å². The Balaban J connectivity index is 1.44. The molecule has 35 heavy (non-hydrogen) atoms. The largest absolute Gasteiger partial charge is 0.493 e. The number of aromatic amines is 1. The predicted octanol–water partition coefficient (Wildman–Crippen LogP) is 1.49. The molecule has 0 aliphatic heterocycles. The predicted molar refractivity (Wildman–Crippen MR) is 127 cm³/mol. The summed E-state index contributed by atoms with van der Waals surface area (Å²) < 4.78 is 18.8. The topological polar surface area (TPSA) is 138 Å². The van der Waals surface area contributed by atoms with E-state index < -0.39 is 0 Å². The molecule has 182 valence electrons. The molecular weight excluding hydrogens is 454 g/mol. The Morgan fingerprint density at radius 2 is 1.80 bits per heavy atom. The molecule has 4 aromatic rings. The van der Waals surface area contributed by atoms with E-state index in [2.05, 4.69) is 25.6 Å². The Hall–Kier alpha value is -4.61. The van der Waals surface area contributed by atoms with Crippen molar-refractivity contribution in [2.75, 3.05) is 27.9 Å². The molecule has 0 unspecified atom stereocenters. The third-order valence-electron chi connectivity index (χ3n) is 5.33. The molecule has 0 aliphatic rings. The van der Waals surface area contributed by atoms with Crippen LogP contribution in [-0.4, -0.2) is 63.3 Å². The number of carbonyl (C=O) groups excluding carboxylic acids is 1. The molecular formula is C23H25N7O5. The van der Waals surface area contributed by atoms with Crippen molar-refractivity contribution in [2.24, 2.45) is 7.05 Å². The minimum atomic E-state index is -0.370. The second-order valence-corrected chi connectivity index (χ2v) is 7.44. The fourth-order valence-corrected chi connectivity index (χ4v) is 3.54. The van der Waals surface area contributed by atoms with Crippen LogP contribution in [0.1, 0.15) is 10.5 Å². The lowest BCUT2D eigenvalue weighted by Crippen LogP contribution is -2.31. The first-order chi connectivity index (χ1) is 17.0. The van der Waals surface area contributed by atoms with E-state index in [1.165, 1.54) is 30.6 Å². The zero-order valence-corrected chi connectivity index (χ0v) is 19.7. The second kappa shape index (κ2) is 10.1. The normalized spacial score (nSPS) is 10.7. The number of nitrogens with one attached hydrogen (secondary N) is 2. The maximum absolute atomic E-state index is 12.6. The van der Waals surface area contributed by atoms with Gasteiger partial charge in [0.05, 0.1) is 33.6 Å². The first-order valence-corrected chi connectivity index (χ1v) is 10.7. The Labute approximate surface area is 200 Å². The molecule has 0 saturated carbocycles. The lowest BCUT2D eigenvalue weighted by Gasteiger charge is -2.13. The highest BCUT2D eigenvalue weighted by molar-refractivity contribution is 5.93. The van der Waals surface area contributed by atoms with Gasteiger partial charge >= 0.3 is 5.69 Å². The summed E-state index contributed by atoms with van der Waals surface area (Å²) in [5, 5.41) is 14.1. The van der Waals surface area contributed by atoms with E-state index in [1.807, 2.05) is 6.07 Å². The van der Waals surface area contributed by atoms with Crippen LogP contribution in [0.15, 0.2) is 47.4 Å². The third-order valence-corrected chi connectivity index (χ3v) is 5.33. The summed E-state index contributed by atoms with van der Waals surface area (Å²) >= 11 is 0. The number of methoxy groups -OCH3 is 3. The first kappa shape index (κ1) is 23.5. The number of pyridine rings is 1. The monoisotopic (exact) mass is 479 g/mol. The highest BCUT2D eigenvalue weighted by Crippen LogP contribution is 2.40. The molecule has 0 saturated heterocycles. The van der Waals surface area contributed by atoms with Crippen molar-refractivity contribution in [1.82, 2.24) is 34.8 Å². The van der Waals surface area contributed by atoms with E-state index in [0.717, 1.165) is 0 Å². The van der Waals surface area contributed by atoms with Crippen molar-refractivity contribution < 1.29 is 19.0 Å². The number of H-pyrrole nitrogens is 1. The van der Waals surface area contributed by atoms with Crippen molar-refractivity contribution >= 4 is 5.91 Å². The number of rotatable bonds is 9. The summed E-state index contributed by atoms with van der Waals surface area (Å²) in [5.41, 5.74) is 1.75. The highest BCUT2D eigenvalue weighted by atomic mass is 16.5. The number of ether oxygens (including phenoxy) is 3. The van der Waals surface area contributed by atoms with E-state index in [-0.39, 0.29) is 30.4 Å². The lowest BCUT2D eigenvalue weighted by atomic mass is 10.1. The van der Waals surface area contributed by atoms with E-state index in [1.54, 1.807) is 43.6 Å². The fraction of sp³-hybridized carbons (Fsp3) is 0.261. The quantitative estimate of drug-likeness (QED) is 0.368. The fourth-order valence-electron chi connectivity index (χ4n) is 3.54. The molecule has 2 N–H and O–H groups in total. The molecule has 0 spiro atoms. The van der Waals surface area contributed by atoms with Gasteiger partial charge < -0.3 is 19.5 Å². The minimum absolute atomic E-state index is 0.190. The van der Waals surface area contributed by atoms with Gasteiger partial charge in [0.25, 0.3) is 5.91 Å². The van der Waals surface area contributed by atoms with Gasteiger partial charge in [-0.05, 0) is 30.3 Å². The first-order valence-electron chi connectivity index (χ1n) is 10.7. The van der Waals surface area contributed by atoms with Crippen LogP contribution in [0.2, 0.25) is 0 Å². The van der Waals surface area contributed by atoms with E-state index in [9.17, 15) is 9.59 Å². The van der Waals surface area contributed by atoms with Crippen molar-refractivity contribution in [1.29, 1.82) is 0 Å². The van der Waals surface area contributed by atoms with Gasteiger partial charge in [-0.15, -0.1) is 5.10 Å². The van der Waals surface area contributed by atoms with Gasteiger partial charge in [-0.1, -0.05) is 6.07 Å². The van der Waals surface area contributed by atoms with Crippen LogP contribution in [0, 0.1) is 0 Å². The van der Waals surface area contributed by atoms with E-state index >= 15 is 0 Å². The molecule has 0 fully saturated rings. The van der Waals surface area contributed by atoms with Crippen LogP contribution in [0.5, 0.6) is 17.2 Å². The second-order valence-electron chi connectivity index (χ2n) is 7.44. The molecule has 12 heteroatoms. The number of hydrogen-bond donors (Lipinski definition) is 2. The molecule has 3 aromatic heterocycles. The third kappa shape index (κ3) is 4.71. The molecule has 0 atom stereocenters. The summed E-state index contributed by atoms with van der Waals surface area (Å²) in [7, 11) is 6.20. The number of amides is 1. The van der Waals surface area contributed by atoms with Gasteiger partial charge in [0.1, 0.15) is 11.4 Å². The average molecular weight is 479 g/mol. The molecule has 4 rings (SSSR count). The summed E-state index contributed by atoms with van der Waals surface area (Å²) in [6.45, 7) is 0.384. The molecule has 0 radical (unpaired) electrons. The zero-order valence-electron chi connectivity index (χ0n) is 19.7. The highest BCUT2D eigenvalue weighted by Gasteiger charge is 2.18. The van der Waals surface area contributed by atoms with Crippen molar-refractivity contribution in [2.45, 2.75) is 6.54 Å². The number of hydrogen-bond acceptors (Lipinski definition) is 8. The maximum Gasteiger partial charge on any atom is 0.346 e. The average Bonchev–Trinajstić information content (AvgIpc) is 3.49. The number of aromatic nitrogens is 6. The summed E-state index contributed by atoms with van der Waals surface area (Å²) in [5.74, 6) is 1.49. The van der Waals surface area contributed by atoms with Gasteiger partial charge in [-0.3, -0.25) is 19.4 Å². The van der Waals surface area contributed by atoms with E-state index in [0.29, 0.717) is 40.0 Å². The molecule has 3 heterocycles. The molecule has 12 nitrogen and oxygen atoms in total. The van der Waals surface area contributed by atoms with Gasteiger partial charge in [0.15, 0.2) is 17.3 Å². The van der Waals surface area contributed by atoms with E-state index in [4.69, 9.17) is 14.2 Å². The van der Waals surface area contributed by atoms with Crippen LogP contribution in [0.3, 0.4) is 0 Å². The standard InChI is InChI=1S/C23H25N7O5/c1-29-21(15-7-5-6-8-24-15)28-30(23(29)32)10-9-25-22(31)17-13-16(26-27-17)14-11-18(33-2)20(35-4)19(12-14)34-3/h5-8,11-13H,9-10H2,1-4H3,(H,25,31)(H,26,27). The number of nitrogens with zero attached hydrogens (tertiary/aromatic N) is 5. The summed E-state index contributed by atoms with van der Waals surface area (Å²) in [6.07, 6.45) is 1.63. The minimum Gasteiger partial charge on any atom is -0.493 e. The Kier molecular flexibility index (Phi) is 6.81. The molecule has 0 bridgehead atoms. The zero-order chi connectivity index (χ0) is 24.9. The van der Waals surface area contributed by atoms with Crippen molar-refractivity contribution in [3.63, 3.8) is 0 Å². The molecule has 0 aliphatic carbocycles. The SMILES string of the molecule is COc1cc(-c2cc(C(=O)NCCn3nc(-c4ccccn4)n(C)c3=O)[nH]n2)cc(OC)c1OC. The van der Waals surface area contributed by atoms with Crippen LogP contribution < -0.4 is 25.2 Å².